The van der Waals surface area contributed by atoms with E-state index in [1.54, 1.807) is 6.92 Å². The molecular formula is C13H18N2O. The first-order valence-electron chi connectivity index (χ1n) is 5.77. The van der Waals surface area contributed by atoms with Crippen molar-refractivity contribution in [3.63, 3.8) is 0 Å². The molecule has 2 rings (SSSR count). The van der Waals surface area contributed by atoms with E-state index in [4.69, 9.17) is 0 Å². The number of rotatable bonds is 3. The van der Waals surface area contributed by atoms with Crippen LogP contribution < -0.4 is 9.80 Å². The molecule has 0 N–H and O–H groups in total. The first-order valence-corrected chi connectivity index (χ1v) is 5.77. The summed E-state index contributed by atoms with van der Waals surface area (Å²) in [5.74, 6) is 0.208. The first kappa shape index (κ1) is 11.0. The smallest absolute Gasteiger partial charge is 0.149 e. The van der Waals surface area contributed by atoms with Crippen LogP contribution in [0, 0.1) is 0 Å². The summed E-state index contributed by atoms with van der Waals surface area (Å²) >= 11 is 0. The average molecular weight is 218 g/mol. The third-order valence-corrected chi connectivity index (χ3v) is 3.14. The minimum absolute atomic E-state index is 0.208. The predicted octanol–water partition coefficient (Wildman–Crippen LogP) is 2.27. The van der Waals surface area contributed by atoms with E-state index in [-0.39, 0.29) is 11.9 Å². The zero-order chi connectivity index (χ0) is 11.7. The van der Waals surface area contributed by atoms with Crippen molar-refractivity contribution in [2.45, 2.75) is 26.9 Å². The molecule has 16 heavy (non-hydrogen) atoms. The Hall–Kier alpha value is -1.51. The minimum Gasteiger partial charge on any atom is -0.350 e. The maximum Gasteiger partial charge on any atom is 0.149 e. The number of fused-ring (bicyclic) bond motifs is 1. The summed E-state index contributed by atoms with van der Waals surface area (Å²) in [4.78, 5) is 15.8. The van der Waals surface area contributed by atoms with E-state index in [0.717, 1.165) is 6.54 Å². The first-order chi connectivity index (χ1) is 7.65. The zero-order valence-electron chi connectivity index (χ0n) is 10.1. The molecule has 0 radical (unpaired) electrons. The summed E-state index contributed by atoms with van der Waals surface area (Å²) < 4.78 is 0. The van der Waals surface area contributed by atoms with E-state index in [1.165, 1.54) is 11.4 Å². The third kappa shape index (κ3) is 1.66. The molecule has 0 aromatic heterocycles. The van der Waals surface area contributed by atoms with Crippen LogP contribution in [0.2, 0.25) is 0 Å². The molecule has 0 bridgehead atoms. The fourth-order valence-electron chi connectivity index (χ4n) is 2.41. The van der Waals surface area contributed by atoms with Crippen molar-refractivity contribution in [1.29, 1.82) is 0 Å². The zero-order valence-corrected chi connectivity index (χ0v) is 10.1. The third-order valence-electron chi connectivity index (χ3n) is 3.14. The number of Topliss-reactive ketones (excluding diaryl/α,β-unsaturated/α-hetero) is 1. The van der Waals surface area contributed by atoms with Crippen LogP contribution in [-0.2, 0) is 4.79 Å². The number of hydrogen-bond donors (Lipinski definition) is 0. The average Bonchev–Trinajstić information content (AvgIpc) is 2.52. The van der Waals surface area contributed by atoms with Gasteiger partial charge >= 0.3 is 0 Å². The van der Waals surface area contributed by atoms with Gasteiger partial charge in [-0.3, -0.25) is 4.79 Å². The van der Waals surface area contributed by atoms with E-state index >= 15 is 0 Å². The van der Waals surface area contributed by atoms with Crippen molar-refractivity contribution in [3.05, 3.63) is 24.3 Å². The Morgan fingerprint density at radius 1 is 1.25 bits per heavy atom. The van der Waals surface area contributed by atoms with Gasteiger partial charge in [-0.15, -0.1) is 0 Å². The maximum absolute atomic E-state index is 11.3. The Morgan fingerprint density at radius 2 is 1.81 bits per heavy atom. The Bertz CT molecular complexity index is 403. The lowest BCUT2D eigenvalue weighted by molar-refractivity contribution is -0.115. The van der Waals surface area contributed by atoms with Crippen LogP contribution in [0.5, 0.6) is 0 Å². The second-order valence-electron chi connectivity index (χ2n) is 4.24. The topological polar surface area (TPSA) is 23.6 Å². The molecule has 3 heteroatoms. The summed E-state index contributed by atoms with van der Waals surface area (Å²) in [5.41, 5.74) is 2.41. The van der Waals surface area contributed by atoms with Crippen molar-refractivity contribution in [2.75, 3.05) is 22.9 Å². The van der Waals surface area contributed by atoms with Crippen LogP contribution in [0.3, 0.4) is 0 Å². The van der Waals surface area contributed by atoms with Crippen LogP contribution in [0.4, 0.5) is 11.4 Å². The number of nitrogens with zero attached hydrogens (tertiary/aromatic N) is 2. The van der Waals surface area contributed by atoms with Gasteiger partial charge in [-0.2, -0.15) is 0 Å². The normalized spacial score (nSPS) is 18.8. The Morgan fingerprint density at radius 3 is 2.31 bits per heavy atom. The molecule has 3 nitrogen and oxygen atoms in total. The highest BCUT2D eigenvalue weighted by atomic mass is 16.1. The fraction of sp³-hybridized carbons (Fsp3) is 0.462. The molecular weight excluding hydrogens is 200 g/mol. The summed E-state index contributed by atoms with van der Waals surface area (Å²) in [6.07, 6.45) is 0.270. The van der Waals surface area contributed by atoms with Crippen molar-refractivity contribution >= 4 is 17.2 Å². The molecule has 1 aromatic rings. The molecule has 0 aliphatic carbocycles. The van der Waals surface area contributed by atoms with Gasteiger partial charge in [0, 0.05) is 6.54 Å². The number of carbonyl (C=O) groups excluding carboxylic acids is 1. The summed E-state index contributed by atoms with van der Waals surface area (Å²) in [6.45, 7) is 7.39. The second kappa shape index (κ2) is 4.16. The lowest BCUT2D eigenvalue weighted by Crippen LogP contribution is -2.42. The number of hydrogen-bond acceptors (Lipinski definition) is 3. The van der Waals surface area contributed by atoms with Gasteiger partial charge in [0.25, 0.3) is 0 Å². The van der Waals surface area contributed by atoms with Gasteiger partial charge in [-0.25, -0.2) is 0 Å². The summed E-state index contributed by atoms with van der Waals surface area (Å²) in [6, 6.07) is 8.28. The van der Waals surface area contributed by atoms with Crippen molar-refractivity contribution < 1.29 is 4.79 Å². The van der Waals surface area contributed by atoms with Crippen molar-refractivity contribution in [2.24, 2.45) is 0 Å². The van der Waals surface area contributed by atoms with Gasteiger partial charge in [0.2, 0.25) is 0 Å². The number of ketones is 1. The van der Waals surface area contributed by atoms with Crippen molar-refractivity contribution in [3.8, 4) is 0 Å². The SMILES string of the molecule is CCN1c2ccccc2N(CC(C)=O)C1C. The fourth-order valence-corrected chi connectivity index (χ4v) is 2.41. The summed E-state index contributed by atoms with van der Waals surface area (Å²) in [7, 11) is 0. The molecule has 0 spiro atoms. The number of anilines is 2. The van der Waals surface area contributed by atoms with Gasteiger partial charge in [0.05, 0.1) is 24.1 Å². The van der Waals surface area contributed by atoms with E-state index in [2.05, 4.69) is 35.8 Å². The van der Waals surface area contributed by atoms with Gasteiger partial charge < -0.3 is 9.80 Å². The Labute approximate surface area is 96.7 Å². The maximum atomic E-state index is 11.3. The molecule has 0 amide bonds. The lowest BCUT2D eigenvalue weighted by Gasteiger charge is -2.28. The van der Waals surface area contributed by atoms with Gasteiger partial charge in [0.15, 0.2) is 0 Å². The van der Waals surface area contributed by atoms with Crippen molar-refractivity contribution in [1.82, 2.24) is 0 Å². The van der Waals surface area contributed by atoms with Crippen LogP contribution in [0.1, 0.15) is 20.8 Å². The molecule has 0 saturated carbocycles. The molecule has 1 atom stereocenters. The molecule has 1 aliphatic rings. The highest BCUT2D eigenvalue weighted by molar-refractivity contribution is 5.86. The number of carbonyl (C=O) groups is 1. The highest BCUT2D eigenvalue weighted by Crippen LogP contribution is 2.38. The van der Waals surface area contributed by atoms with Crippen LogP contribution in [0.15, 0.2) is 24.3 Å². The predicted molar refractivity (Wildman–Crippen MR) is 67.0 cm³/mol. The summed E-state index contributed by atoms with van der Waals surface area (Å²) in [5, 5.41) is 0. The number of benzene rings is 1. The molecule has 1 aromatic carbocycles. The molecule has 1 unspecified atom stereocenters. The van der Waals surface area contributed by atoms with E-state index in [0.29, 0.717) is 6.54 Å². The highest BCUT2D eigenvalue weighted by Gasteiger charge is 2.31. The Kier molecular flexibility index (Phi) is 2.86. The largest absolute Gasteiger partial charge is 0.350 e. The van der Waals surface area contributed by atoms with Gasteiger partial charge in [0.1, 0.15) is 5.78 Å². The van der Waals surface area contributed by atoms with Crippen LogP contribution >= 0.6 is 0 Å². The standard InChI is InChI=1S/C13H18N2O/c1-4-14-11(3)15(9-10(2)16)13-8-6-5-7-12(13)14/h5-8,11H,4,9H2,1-3H3. The minimum atomic E-state index is 0.208. The lowest BCUT2D eigenvalue weighted by atomic mass is 10.2. The van der Waals surface area contributed by atoms with E-state index < -0.39 is 0 Å². The van der Waals surface area contributed by atoms with Gasteiger partial charge in [-0.05, 0) is 32.9 Å². The van der Waals surface area contributed by atoms with Gasteiger partial charge in [-0.1, -0.05) is 12.1 Å². The molecule has 1 heterocycles. The van der Waals surface area contributed by atoms with Crippen LogP contribution in [-0.4, -0.2) is 25.0 Å². The number of para-hydroxylation sites is 2. The second-order valence-corrected chi connectivity index (χ2v) is 4.24. The molecule has 1 aliphatic heterocycles. The van der Waals surface area contributed by atoms with E-state index in [1.807, 2.05) is 12.1 Å². The van der Waals surface area contributed by atoms with Crippen LogP contribution in [0.25, 0.3) is 0 Å². The monoisotopic (exact) mass is 218 g/mol. The van der Waals surface area contributed by atoms with E-state index in [9.17, 15) is 4.79 Å². The molecule has 86 valence electrons. The Balaban J connectivity index is 2.38. The molecule has 0 saturated heterocycles. The molecule has 0 fully saturated rings. The quantitative estimate of drug-likeness (QED) is 0.777.